The molecule has 1 aromatic carbocycles. The van der Waals surface area contributed by atoms with Gasteiger partial charge in [0.1, 0.15) is 6.10 Å². The predicted octanol–water partition coefficient (Wildman–Crippen LogP) is 2.38. The molecular formula is C20H29F3N4O2. The lowest BCUT2D eigenvalue weighted by molar-refractivity contribution is -0.137. The van der Waals surface area contributed by atoms with Crippen LogP contribution in [0.1, 0.15) is 24.2 Å². The number of alkyl halides is 3. The third kappa shape index (κ3) is 6.32. The number of hydrogen-bond acceptors (Lipinski definition) is 4. The van der Waals surface area contributed by atoms with Crippen molar-refractivity contribution in [3.8, 4) is 0 Å². The molecule has 0 radical (unpaired) electrons. The van der Waals surface area contributed by atoms with Crippen molar-refractivity contribution in [2.75, 3.05) is 65.6 Å². The van der Waals surface area contributed by atoms with Gasteiger partial charge >= 0.3 is 6.18 Å². The summed E-state index contributed by atoms with van der Waals surface area (Å²) in [6, 6.07) is 5.38. The van der Waals surface area contributed by atoms with Gasteiger partial charge in [0, 0.05) is 32.7 Å². The Balaban J connectivity index is 1.64. The van der Waals surface area contributed by atoms with Gasteiger partial charge in [0.25, 0.3) is 0 Å². The van der Waals surface area contributed by atoms with E-state index in [-0.39, 0.29) is 0 Å². The fourth-order valence-electron chi connectivity index (χ4n) is 3.51. The number of halogens is 3. The SMILES string of the molecule is CCNC(=NCCN1CCOCC1)N1CCOC(c2cccc(C(F)(F)F)c2)C1. The summed E-state index contributed by atoms with van der Waals surface area (Å²) in [4.78, 5) is 9.12. The Morgan fingerprint density at radius 3 is 2.72 bits per heavy atom. The summed E-state index contributed by atoms with van der Waals surface area (Å²) in [7, 11) is 0. The molecule has 1 atom stereocenters. The molecule has 2 aliphatic rings. The van der Waals surface area contributed by atoms with Gasteiger partial charge in [-0.15, -0.1) is 0 Å². The van der Waals surface area contributed by atoms with Crippen LogP contribution in [0.2, 0.25) is 0 Å². The van der Waals surface area contributed by atoms with E-state index in [0.717, 1.165) is 51.4 Å². The second-order valence-corrected chi connectivity index (χ2v) is 7.12. The fraction of sp³-hybridized carbons (Fsp3) is 0.650. The molecule has 1 unspecified atom stereocenters. The van der Waals surface area contributed by atoms with E-state index in [2.05, 4.69) is 15.1 Å². The minimum atomic E-state index is -4.36. The summed E-state index contributed by atoms with van der Waals surface area (Å²) in [5.74, 6) is 0.779. The molecule has 2 saturated heterocycles. The summed E-state index contributed by atoms with van der Waals surface area (Å²) in [5, 5.41) is 3.29. The number of rotatable bonds is 5. The molecule has 2 aliphatic heterocycles. The maximum Gasteiger partial charge on any atom is 0.416 e. The van der Waals surface area contributed by atoms with Gasteiger partial charge in [-0.2, -0.15) is 13.2 Å². The standard InChI is InChI=1S/C20H29F3N4O2/c1-2-24-19(25-6-7-26-8-11-28-12-9-26)27-10-13-29-18(15-27)16-4-3-5-17(14-16)20(21,22)23/h3-5,14,18H,2,6-13,15H2,1H3,(H,24,25). The zero-order valence-electron chi connectivity index (χ0n) is 16.7. The Morgan fingerprint density at radius 1 is 1.21 bits per heavy atom. The van der Waals surface area contributed by atoms with Crippen LogP contribution in [0.25, 0.3) is 0 Å². The van der Waals surface area contributed by atoms with Crippen LogP contribution in [0.4, 0.5) is 13.2 Å². The third-order valence-corrected chi connectivity index (χ3v) is 5.07. The highest BCUT2D eigenvalue weighted by atomic mass is 19.4. The molecule has 3 rings (SSSR count). The maximum absolute atomic E-state index is 13.0. The van der Waals surface area contributed by atoms with Gasteiger partial charge in [-0.1, -0.05) is 12.1 Å². The number of morpholine rings is 2. The first kappa shape index (κ1) is 21.9. The Morgan fingerprint density at radius 2 is 2.00 bits per heavy atom. The van der Waals surface area contributed by atoms with Crippen LogP contribution in [0, 0.1) is 0 Å². The Hall–Kier alpha value is -1.84. The Bertz CT molecular complexity index is 678. The van der Waals surface area contributed by atoms with E-state index in [0.29, 0.717) is 31.8 Å². The summed E-state index contributed by atoms with van der Waals surface area (Å²) < 4.78 is 50.3. The first-order chi connectivity index (χ1) is 14.0. The topological polar surface area (TPSA) is 49.3 Å². The second kappa shape index (κ2) is 10.3. The van der Waals surface area contributed by atoms with Gasteiger partial charge in [-0.25, -0.2) is 0 Å². The van der Waals surface area contributed by atoms with Crippen molar-refractivity contribution >= 4 is 5.96 Å². The van der Waals surface area contributed by atoms with Crippen molar-refractivity contribution in [3.63, 3.8) is 0 Å². The molecule has 9 heteroatoms. The van der Waals surface area contributed by atoms with Gasteiger partial charge in [0.05, 0.1) is 38.5 Å². The van der Waals surface area contributed by atoms with Crippen LogP contribution in [0.5, 0.6) is 0 Å². The number of ether oxygens (including phenoxy) is 2. The molecule has 0 amide bonds. The average Bonchev–Trinajstić information content (AvgIpc) is 2.73. The zero-order valence-corrected chi connectivity index (χ0v) is 16.7. The molecule has 0 saturated carbocycles. The van der Waals surface area contributed by atoms with Crippen molar-refractivity contribution in [1.29, 1.82) is 0 Å². The number of nitrogens with zero attached hydrogens (tertiary/aromatic N) is 3. The summed E-state index contributed by atoms with van der Waals surface area (Å²) in [6.45, 7) is 9.15. The van der Waals surface area contributed by atoms with E-state index < -0.39 is 17.8 Å². The van der Waals surface area contributed by atoms with E-state index >= 15 is 0 Å². The van der Waals surface area contributed by atoms with E-state index in [1.54, 1.807) is 6.07 Å². The molecule has 2 fully saturated rings. The highest BCUT2D eigenvalue weighted by Crippen LogP contribution is 2.32. The summed E-state index contributed by atoms with van der Waals surface area (Å²) >= 11 is 0. The predicted molar refractivity (Wildman–Crippen MR) is 105 cm³/mol. The number of benzene rings is 1. The van der Waals surface area contributed by atoms with Crippen LogP contribution in [0.15, 0.2) is 29.3 Å². The quantitative estimate of drug-likeness (QED) is 0.592. The summed E-state index contributed by atoms with van der Waals surface area (Å²) in [6.07, 6.45) is -4.78. The zero-order chi connectivity index (χ0) is 20.7. The number of guanidine groups is 1. The van der Waals surface area contributed by atoms with Crippen molar-refractivity contribution < 1.29 is 22.6 Å². The Labute approximate surface area is 169 Å². The van der Waals surface area contributed by atoms with E-state index in [9.17, 15) is 13.2 Å². The highest BCUT2D eigenvalue weighted by Gasteiger charge is 2.32. The largest absolute Gasteiger partial charge is 0.416 e. The molecule has 6 nitrogen and oxygen atoms in total. The van der Waals surface area contributed by atoms with E-state index in [1.165, 1.54) is 12.1 Å². The lowest BCUT2D eigenvalue weighted by Gasteiger charge is -2.35. The number of hydrogen-bond donors (Lipinski definition) is 1. The Kier molecular flexibility index (Phi) is 7.74. The van der Waals surface area contributed by atoms with Crippen LogP contribution >= 0.6 is 0 Å². The van der Waals surface area contributed by atoms with Gasteiger partial charge in [0.15, 0.2) is 5.96 Å². The maximum atomic E-state index is 13.0. The fourth-order valence-corrected chi connectivity index (χ4v) is 3.51. The molecule has 0 aromatic heterocycles. The molecule has 0 bridgehead atoms. The van der Waals surface area contributed by atoms with Crippen LogP contribution < -0.4 is 5.32 Å². The lowest BCUT2D eigenvalue weighted by atomic mass is 10.0. The molecule has 162 valence electrons. The minimum absolute atomic E-state index is 0.422. The minimum Gasteiger partial charge on any atom is -0.379 e. The first-order valence-corrected chi connectivity index (χ1v) is 10.1. The molecule has 29 heavy (non-hydrogen) atoms. The van der Waals surface area contributed by atoms with Crippen LogP contribution in [-0.4, -0.2) is 81.4 Å². The smallest absolute Gasteiger partial charge is 0.379 e. The van der Waals surface area contributed by atoms with Crippen LogP contribution in [-0.2, 0) is 15.7 Å². The van der Waals surface area contributed by atoms with Crippen molar-refractivity contribution in [3.05, 3.63) is 35.4 Å². The van der Waals surface area contributed by atoms with E-state index in [4.69, 9.17) is 14.5 Å². The molecule has 2 heterocycles. The molecule has 1 N–H and O–H groups in total. The average molecular weight is 414 g/mol. The molecular weight excluding hydrogens is 385 g/mol. The first-order valence-electron chi connectivity index (χ1n) is 10.1. The number of nitrogens with one attached hydrogen (secondary N) is 1. The molecule has 0 spiro atoms. The van der Waals surface area contributed by atoms with Gasteiger partial charge in [0.2, 0.25) is 0 Å². The van der Waals surface area contributed by atoms with Crippen molar-refractivity contribution in [2.24, 2.45) is 4.99 Å². The molecule has 0 aliphatic carbocycles. The lowest BCUT2D eigenvalue weighted by Crippen LogP contribution is -2.48. The van der Waals surface area contributed by atoms with Gasteiger partial charge in [-0.05, 0) is 24.6 Å². The monoisotopic (exact) mass is 414 g/mol. The second-order valence-electron chi connectivity index (χ2n) is 7.12. The third-order valence-electron chi connectivity index (χ3n) is 5.07. The normalized spacial score (nSPS) is 22.0. The molecule has 1 aromatic rings. The van der Waals surface area contributed by atoms with Crippen molar-refractivity contribution in [1.82, 2.24) is 15.1 Å². The highest BCUT2D eigenvalue weighted by molar-refractivity contribution is 5.80. The van der Waals surface area contributed by atoms with E-state index in [1.807, 2.05) is 6.92 Å². The summed E-state index contributed by atoms with van der Waals surface area (Å²) in [5.41, 5.74) is -0.115. The van der Waals surface area contributed by atoms with Gasteiger partial charge in [-0.3, -0.25) is 9.89 Å². The van der Waals surface area contributed by atoms with Crippen LogP contribution in [0.3, 0.4) is 0 Å². The van der Waals surface area contributed by atoms with Gasteiger partial charge < -0.3 is 19.7 Å². The number of aliphatic imine (C=N–C) groups is 1. The van der Waals surface area contributed by atoms with Crippen molar-refractivity contribution in [2.45, 2.75) is 19.2 Å².